The van der Waals surface area contributed by atoms with Crippen molar-refractivity contribution in [3.8, 4) is 11.5 Å². The van der Waals surface area contributed by atoms with E-state index in [1.54, 1.807) is 24.3 Å². The summed E-state index contributed by atoms with van der Waals surface area (Å²) in [6.45, 7) is 0.0632. The fourth-order valence-corrected chi connectivity index (χ4v) is 3.45. The van der Waals surface area contributed by atoms with Crippen molar-refractivity contribution in [3.63, 3.8) is 0 Å². The molecule has 0 radical (unpaired) electrons. The SMILES string of the molecule is COc1ccc(CN2C(=O)c3ccc(C(=O)Nc4cc(C(=O)O)ccc4O)cc3C2=O)cc1. The quantitative estimate of drug-likeness (QED) is 0.391. The van der Waals surface area contributed by atoms with E-state index < -0.39 is 23.7 Å². The molecule has 1 aliphatic rings. The van der Waals surface area contributed by atoms with Crippen molar-refractivity contribution in [2.45, 2.75) is 6.54 Å². The van der Waals surface area contributed by atoms with Crippen molar-refractivity contribution in [1.82, 2.24) is 4.90 Å². The fourth-order valence-electron chi connectivity index (χ4n) is 3.45. The van der Waals surface area contributed by atoms with Gasteiger partial charge in [0.05, 0.1) is 36.0 Å². The van der Waals surface area contributed by atoms with Crippen LogP contribution in [0, 0.1) is 0 Å². The molecule has 3 aromatic rings. The smallest absolute Gasteiger partial charge is 0.335 e. The van der Waals surface area contributed by atoms with Crippen LogP contribution < -0.4 is 10.1 Å². The number of carboxylic acid groups (broad SMARTS) is 1. The molecule has 0 spiro atoms. The van der Waals surface area contributed by atoms with Gasteiger partial charge in [0, 0.05) is 5.56 Å². The van der Waals surface area contributed by atoms with Crippen LogP contribution in [0.5, 0.6) is 11.5 Å². The summed E-state index contributed by atoms with van der Waals surface area (Å²) in [6, 6.07) is 14.5. The van der Waals surface area contributed by atoms with Crippen LogP contribution in [0.25, 0.3) is 0 Å². The van der Waals surface area contributed by atoms with Crippen LogP contribution in [-0.2, 0) is 6.54 Å². The van der Waals surface area contributed by atoms with Gasteiger partial charge in [-0.05, 0) is 54.1 Å². The number of hydrogen-bond donors (Lipinski definition) is 3. The maximum atomic E-state index is 12.9. The third kappa shape index (κ3) is 4.11. The van der Waals surface area contributed by atoms with E-state index in [2.05, 4.69) is 5.32 Å². The predicted molar refractivity (Wildman–Crippen MR) is 117 cm³/mol. The van der Waals surface area contributed by atoms with E-state index in [0.717, 1.165) is 22.6 Å². The van der Waals surface area contributed by atoms with Crippen LogP contribution in [0.3, 0.4) is 0 Å². The van der Waals surface area contributed by atoms with E-state index in [0.29, 0.717) is 5.75 Å². The fraction of sp³-hybridized carbons (Fsp3) is 0.0833. The van der Waals surface area contributed by atoms with Crippen molar-refractivity contribution in [2.75, 3.05) is 12.4 Å². The van der Waals surface area contributed by atoms with Gasteiger partial charge in [-0.1, -0.05) is 12.1 Å². The Hall–Kier alpha value is -4.66. The third-order valence-electron chi connectivity index (χ3n) is 5.22. The molecule has 0 aliphatic carbocycles. The topological polar surface area (TPSA) is 133 Å². The molecular weight excluding hydrogens is 428 g/mol. The number of phenolic OH excluding ortho intramolecular Hbond substituents is 1. The van der Waals surface area contributed by atoms with Crippen molar-refractivity contribution in [2.24, 2.45) is 0 Å². The van der Waals surface area contributed by atoms with Gasteiger partial charge in [-0.25, -0.2) is 4.79 Å². The number of phenols is 1. The largest absolute Gasteiger partial charge is 0.506 e. The number of amides is 3. The molecule has 1 aliphatic heterocycles. The van der Waals surface area contributed by atoms with Gasteiger partial charge in [0.25, 0.3) is 17.7 Å². The molecule has 9 nitrogen and oxygen atoms in total. The zero-order valence-electron chi connectivity index (χ0n) is 17.4. The van der Waals surface area contributed by atoms with Crippen molar-refractivity contribution < 1.29 is 34.1 Å². The Bertz CT molecular complexity index is 1300. The molecule has 0 bridgehead atoms. The molecule has 3 N–H and O–H groups in total. The van der Waals surface area contributed by atoms with E-state index in [1.165, 1.54) is 31.4 Å². The molecule has 0 saturated carbocycles. The average Bonchev–Trinajstić information content (AvgIpc) is 3.05. The van der Waals surface area contributed by atoms with Gasteiger partial charge in [-0.3, -0.25) is 19.3 Å². The summed E-state index contributed by atoms with van der Waals surface area (Å²) in [5.41, 5.74) is 0.861. The number of benzene rings is 3. The van der Waals surface area contributed by atoms with E-state index in [9.17, 15) is 24.3 Å². The molecule has 0 saturated heterocycles. The van der Waals surface area contributed by atoms with Crippen LogP contribution in [0.4, 0.5) is 5.69 Å². The second-order valence-corrected chi connectivity index (χ2v) is 7.30. The number of nitrogens with one attached hydrogen (secondary N) is 1. The summed E-state index contributed by atoms with van der Waals surface area (Å²) in [7, 11) is 1.54. The van der Waals surface area contributed by atoms with Crippen LogP contribution >= 0.6 is 0 Å². The lowest BCUT2D eigenvalue weighted by Crippen LogP contribution is -2.29. The van der Waals surface area contributed by atoms with E-state index in [4.69, 9.17) is 9.84 Å². The minimum Gasteiger partial charge on any atom is -0.506 e. The molecule has 3 amide bonds. The first-order valence-electron chi connectivity index (χ1n) is 9.79. The second-order valence-electron chi connectivity index (χ2n) is 7.30. The van der Waals surface area contributed by atoms with Gasteiger partial charge in [0.15, 0.2) is 0 Å². The summed E-state index contributed by atoms with van der Waals surface area (Å²) >= 11 is 0. The number of fused-ring (bicyclic) bond motifs is 1. The molecule has 0 aromatic heterocycles. The van der Waals surface area contributed by atoms with Gasteiger partial charge in [-0.15, -0.1) is 0 Å². The number of methoxy groups -OCH3 is 1. The van der Waals surface area contributed by atoms with Gasteiger partial charge in [0.2, 0.25) is 0 Å². The Labute approximate surface area is 187 Å². The Morgan fingerprint density at radius 1 is 0.909 bits per heavy atom. The Balaban J connectivity index is 1.55. The maximum Gasteiger partial charge on any atom is 0.335 e. The number of carbonyl (C=O) groups excluding carboxylic acids is 3. The maximum absolute atomic E-state index is 12.9. The van der Waals surface area contributed by atoms with E-state index in [1.807, 2.05) is 0 Å². The normalized spacial score (nSPS) is 12.5. The average molecular weight is 446 g/mol. The zero-order chi connectivity index (χ0) is 23.7. The summed E-state index contributed by atoms with van der Waals surface area (Å²) in [6.07, 6.45) is 0. The number of hydrogen-bond acceptors (Lipinski definition) is 6. The molecule has 3 aromatic carbocycles. The second kappa shape index (κ2) is 8.46. The third-order valence-corrected chi connectivity index (χ3v) is 5.22. The standard InChI is InChI=1S/C24H18N2O7/c1-33-16-6-2-13(3-7-16)12-26-22(29)17-8-4-14(10-18(17)23(26)30)21(28)25-19-11-15(24(31)32)5-9-20(19)27/h2-11,27H,12H2,1H3,(H,25,28)(H,31,32). The first-order valence-corrected chi connectivity index (χ1v) is 9.79. The molecule has 0 unspecified atom stereocenters. The monoisotopic (exact) mass is 446 g/mol. The number of aromatic carboxylic acids is 1. The van der Waals surface area contributed by atoms with Crippen LogP contribution in [0.2, 0.25) is 0 Å². The van der Waals surface area contributed by atoms with Gasteiger partial charge < -0.3 is 20.3 Å². The summed E-state index contributed by atoms with van der Waals surface area (Å²) < 4.78 is 5.11. The minimum absolute atomic E-state index is 0.0632. The first-order chi connectivity index (χ1) is 15.8. The Morgan fingerprint density at radius 3 is 2.24 bits per heavy atom. The van der Waals surface area contributed by atoms with E-state index >= 15 is 0 Å². The molecule has 0 atom stereocenters. The molecular formula is C24H18N2O7. The number of aromatic hydroxyl groups is 1. The lowest BCUT2D eigenvalue weighted by Gasteiger charge is -2.14. The Kier molecular flexibility index (Phi) is 5.53. The van der Waals surface area contributed by atoms with Gasteiger partial charge in [0.1, 0.15) is 11.5 Å². The zero-order valence-corrected chi connectivity index (χ0v) is 17.4. The molecule has 166 valence electrons. The molecule has 4 rings (SSSR count). The highest BCUT2D eigenvalue weighted by molar-refractivity contribution is 6.22. The first kappa shape index (κ1) is 21.6. The van der Waals surface area contributed by atoms with Crippen LogP contribution in [0.15, 0.2) is 60.7 Å². The summed E-state index contributed by atoms with van der Waals surface area (Å²) in [5.74, 6) is -2.56. The number of rotatable bonds is 6. The van der Waals surface area contributed by atoms with Crippen molar-refractivity contribution in [3.05, 3.63) is 88.5 Å². The number of carboxylic acids is 1. The van der Waals surface area contributed by atoms with Crippen LogP contribution in [0.1, 0.15) is 47.0 Å². The number of ether oxygens (including phenoxy) is 1. The highest BCUT2D eigenvalue weighted by atomic mass is 16.5. The van der Waals surface area contributed by atoms with Crippen molar-refractivity contribution in [1.29, 1.82) is 0 Å². The van der Waals surface area contributed by atoms with E-state index in [-0.39, 0.29) is 40.2 Å². The predicted octanol–water partition coefficient (Wildman–Crippen LogP) is 3.15. The lowest BCUT2D eigenvalue weighted by atomic mass is 10.1. The van der Waals surface area contributed by atoms with Gasteiger partial charge >= 0.3 is 5.97 Å². The number of imide groups is 1. The van der Waals surface area contributed by atoms with Crippen molar-refractivity contribution >= 4 is 29.4 Å². The number of anilines is 1. The number of carbonyl (C=O) groups is 4. The lowest BCUT2D eigenvalue weighted by molar-refractivity contribution is 0.0639. The summed E-state index contributed by atoms with van der Waals surface area (Å²) in [4.78, 5) is 50.5. The highest BCUT2D eigenvalue weighted by Gasteiger charge is 2.36. The minimum atomic E-state index is -1.22. The molecule has 1 heterocycles. The summed E-state index contributed by atoms with van der Waals surface area (Å²) in [5, 5.41) is 21.5. The number of nitrogens with zero attached hydrogens (tertiary/aromatic N) is 1. The highest BCUT2D eigenvalue weighted by Crippen LogP contribution is 2.28. The Morgan fingerprint density at radius 2 is 1.58 bits per heavy atom. The van der Waals surface area contributed by atoms with Crippen LogP contribution in [-0.4, -0.2) is 45.9 Å². The molecule has 9 heteroatoms. The molecule has 0 fully saturated rings. The molecule has 33 heavy (non-hydrogen) atoms. The van der Waals surface area contributed by atoms with Gasteiger partial charge in [-0.2, -0.15) is 0 Å².